The highest BCUT2D eigenvalue weighted by Crippen LogP contribution is 2.32. The van der Waals surface area contributed by atoms with Gasteiger partial charge in [0.1, 0.15) is 5.69 Å². The molecule has 0 aliphatic carbocycles. The lowest BCUT2D eigenvalue weighted by Gasteiger charge is -2.40. The second-order valence-corrected chi connectivity index (χ2v) is 10.6. The molecule has 1 atom stereocenters. The number of fused-ring (bicyclic) bond motifs is 1. The van der Waals surface area contributed by atoms with Gasteiger partial charge in [-0.25, -0.2) is 9.97 Å². The van der Waals surface area contributed by atoms with E-state index in [9.17, 15) is 10.1 Å². The molecule has 1 fully saturated rings. The number of anilines is 1. The van der Waals surface area contributed by atoms with Gasteiger partial charge < -0.3 is 10.2 Å². The second kappa shape index (κ2) is 13.9. The van der Waals surface area contributed by atoms with Gasteiger partial charge in [-0.15, -0.1) is 0 Å². The van der Waals surface area contributed by atoms with Crippen LogP contribution in [0.4, 0.5) is 5.82 Å². The van der Waals surface area contributed by atoms with Crippen LogP contribution < -0.4 is 10.2 Å². The number of hydrogen-bond donors (Lipinski definition) is 1. The van der Waals surface area contributed by atoms with Gasteiger partial charge in [0.25, 0.3) is 0 Å². The van der Waals surface area contributed by atoms with Gasteiger partial charge in [0, 0.05) is 32.7 Å². The first kappa shape index (κ1) is 28.3. The number of rotatable bonds is 11. The van der Waals surface area contributed by atoms with E-state index in [1.54, 1.807) is 0 Å². The minimum atomic E-state index is -1.02. The van der Waals surface area contributed by atoms with E-state index in [0.717, 1.165) is 44.3 Å². The molecule has 210 valence electrons. The average molecular weight is 547 g/mol. The Kier molecular flexibility index (Phi) is 9.56. The van der Waals surface area contributed by atoms with Crippen molar-refractivity contribution in [2.24, 2.45) is 0 Å². The van der Waals surface area contributed by atoms with Crippen molar-refractivity contribution in [2.45, 2.75) is 44.6 Å². The predicted molar refractivity (Wildman–Crippen MR) is 164 cm³/mol. The number of aromatic nitrogens is 2. The smallest absolute Gasteiger partial charge is 0.243 e. The minimum Gasteiger partial charge on any atom is -0.355 e. The molecule has 7 nitrogen and oxygen atoms in total. The zero-order valence-electron chi connectivity index (χ0n) is 23.7. The molecule has 1 aromatic heterocycles. The molecule has 3 aromatic carbocycles. The van der Waals surface area contributed by atoms with E-state index < -0.39 is 5.92 Å². The molecule has 1 saturated heterocycles. The molecule has 2 heterocycles. The van der Waals surface area contributed by atoms with Crippen LogP contribution in [0.1, 0.15) is 61.4 Å². The number of amides is 1. The highest BCUT2D eigenvalue weighted by Gasteiger charge is 2.32. The van der Waals surface area contributed by atoms with Crippen molar-refractivity contribution in [1.82, 2.24) is 20.2 Å². The summed E-state index contributed by atoms with van der Waals surface area (Å²) in [5, 5.41) is 13.1. The Bertz CT molecular complexity index is 1420. The van der Waals surface area contributed by atoms with E-state index in [1.165, 1.54) is 11.1 Å². The van der Waals surface area contributed by atoms with E-state index >= 15 is 0 Å². The summed E-state index contributed by atoms with van der Waals surface area (Å²) in [7, 11) is 0. The van der Waals surface area contributed by atoms with Gasteiger partial charge in [0.15, 0.2) is 11.7 Å². The first-order valence-electron chi connectivity index (χ1n) is 14.7. The van der Waals surface area contributed by atoms with Crippen LogP contribution in [0.15, 0.2) is 84.9 Å². The van der Waals surface area contributed by atoms with Gasteiger partial charge in [0.2, 0.25) is 5.91 Å². The zero-order chi connectivity index (χ0) is 28.4. The van der Waals surface area contributed by atoms with Crippen molar-refractivity contribution in [3.63, 3.8) is 0 Å². The fourth-order valence-corrected chi connectivity index (χ4v) is 5.62. The molecular formula is C34H38N6O. The van der Waals surface area contributed by atoms with Gasteiger partial charge in [-0.2, -0.15) is 5.26 Å². The SMILES string of the molecule is CCCCCCNC(=O)[C@H](C#N)c1nc2ccccc2nc1N1CCN(C(c2ccccc2)c2ccccc2)CC1. The van der Waals surface area contributed by atoms with Crippen LogP contribution in [-0.2, 0) is 4.79 Å². The molecule has 41 heavy (non-hydrogen) atoms. The lowest BCUT2D eigenvalue weighted by Crippen LogP contribution is -2.48. The molecule has 4 aromatic rings. The van der Waals surface area contributed by atoms with Crippen LogP contribution in [0.5, 0.6) is 0 Å². The molecule has 5 rings (SSSR count). The summed E-state index contributed by atoms with van der Waals surface area (Å²) in [5.41, 5.74) is 4.41. The van der Waals surface area contributed by atoms with E-state index in [2.05, 4.69) is 88.8 Å². The molecular weight excluding hydrogens is 508 g/mol. The maximum Gasteiger partial charge on any atom is 0.243 e. The standard InChI is InChI=1S/C34H38N6O/c1-2-3-4-13-20-36-34(41)28(25-35)31-33(38-30-19-12-11-18-29(30)37-31)40-23-21-39(22-24-40)32(26-14-7-5-8-15-26)27-16-9-6-10-17-27/h5-12,14-19,28,32H,2-4,13,20-24H2,1H3,(H,36,41)/t28-/m1/s1. The monoisotopic (exact) mass is 546 g/mol. The molecule has 1 aliphatic heterocycles. The van der Waals surface area contributed by atoms with Crippen molar-refractivity contribution in [1.29, 1.82) is 5.26 Å². The summed E-state index contributed by atoms with van der Waals surface area (Å²) >= 11 is 0. The van der Waals surface area contributed by atoms with E-state index in [4.69, 9.17) is 9.97 Å². The van der Waals surface area contributed by atoms with Gasteiger partial charge in [-0.1, -0.05) is 99.0 Å². The predicted octanol–water partition coefficient (Wildman–Crippen LogP) is 5.85. The Hall–Kier alpha value is -4.28. The van der Waals surface area contributed by atoms with Gasteiger partial charge >= 0.3 is 0 Å². The molecule has 1 amide bonds. The fourth-order valence-electron chi connectivity index (χ4n) is 5.62. The topological polar surface area (TPSA) is 85.1 Å². The number of piperazine rings is 1. The normalized spacial score (nSPS) is 14.6. The van der Waals surface area contributed by atoms with Crippen LogP contribution in [0.2, 0.25) is 0 Å². The van der Waals surface area contributed by atoms with Crippen molar-refractivity contribution < 1.29 is 4.79 Å². The maximum atomic E-state index is 13.2. The van der Waals surface area contributed by atoms with Crippen molar-refractivity contribution in [3.05, 3.63) is 102 Å². The number of carbonyl (C=O) groups is 1. The van der Waals surface area contributed by atoms with Crippen molar-refractivity contribution in [3.8, 4) is 6.07 Å². The Labute approximate surface area is 242 Å². The third kappa shape index (κ3) is 6.72. The Morgan fingerprint density at radius 3 is 2.00 bits per heavy atom. The summed E-state index contributed by atoms with van der Waals surface area (Å²) in [4.78, 5) is 27.7. The Balaban J connectivity index is 1.39. The Morgan fingerprint density at radius 2 is 1.41 bits per heavy atom. The molecule has 0 spiro atoms. The number of nitrogens with one attached hydrogen (secondary N) is 1. The molecule has 0 bridgehead atoms. The molecule has 0 unspecified atom stereocenters. The first-order valence-corrected chi connectivity index (χ1v) is 14.7. The molecule has 0 radical (unpaired) electrons. The largest absolute Gasteiger partial charge is 0.355 e. The second-order valence-electron chi connectivity index (χ2n) is 10.6. The zero-order valence-corrected chi connectivity index (χ0v) is 23.7. The van der Waals surface area contributed by atoms with Gasteiger partial charge in [0.05, 0.1) is 23.1 Å². The number of para-hydroxylation sites is 2. The highest BCUT2D eigenvalue weighted by molar-refractivity contribution is 5.88. The highest BCUT2D eigenvalue weighted by atomic mass is 16.1. The van der Waals surface area contributed by atoms with E-state index in [1.807, 2.05) is 24.3 Å². The number of hydrogen-bond acceptors (Lipinski definition) is 6. The number of nitriles is 1. The number of nitrogens with zero attached hydrogens (tertiary/aromatic N) is 5. The van der Waals surface area contributed by atoms with Crippen molar-refractivity contribution >= 4 is 22.8 Å². The van der Waals surface area contributed by atoms with Gasteiger partial charge in [-0.05, 0) is 29.7 Å². The third-order valence-electron chi connectivity index (χ3n) is 7.78. The van der Waals surface area contributed by atoms with Crippen LogP contribution in [-0.4, -0.2) is 53.5 Å². The first-order chi connectivity index (χ1) is 20.2. The van der Waals surface area contributed by atoms with Gasteiger partial charge in [-0.3, -0.25) is 9.69 Å². The number of carbonyl (C=O) groups excluding carboxylic acids is 1. The molecule has 1 N–H and O–H groups in total. The van der Waals surface area contributed by atoms with Crippen LogP contribution >= 0.6 is 0 Å². The summed E-state index contributed by atoms with van der Waals surface area (Å²) in [6.07, 6.45) is 4.24. The minimum absolute atomic E-state index is 0.145. The van der Waals surface area contributed by atoms with Crippen LogP contribution in [0, 0.1) is 11.3 Å². The van der Waals surface area contributed by atoms with Crippen LogP contribution in [0.3, 0.4) is 0 Å². The Morgan fingerprint density at radius 1 is 0.829 bits per heavy atom. The summed E-state index contributed by atoms with van der Waals surface area (Å²) in [6, 6.07) is 31.3. The lowest BCUT2D eigenvalue weighted by atomic mass is 9.96. The molecule has 1 aliphatic rings. The lowest BCUT2D eigenvalue weighted by molar-refractivity contribution is -0.121. The van der Waals surface area contributed by atoms with Crippen LogP contribution in [0.25, 0.3) is 11.0 Å². The van der Waals surface area contributed by atoms with E-state index in [0.29, 0.717) is 36.7 Å². The third-order valence-corrected chi connectivity index (χ3v) is 7.78. The summed E-state index contributed by atoms with van der Waals surface area (Å²) in [5.74, 6) is -0.693. The summed E-state index contributed by atoms with van der Waals surface area (Å²) in [6.45, 7) is 5.77. The maximum absolute atomic E-state index is 13.2. The summed E-state index contributed by atoms with van der Waals surface area (Å²) < 4.78 is 0. The van der Waals surface area contributed by atoms with E-state index in [-0.39, 0.29) is 11.9 Å². The quantitative estimate of drug-likeness (QED) is 0.238. The fraction of sp³-hybridized carbons (Fsp3) is 0.353. The molecule has 0 saturated carbocycles. The molecule has 7 heteroatoms. The average Bonchev–Trinajstić information content (AvgIpc) is 3.02. The number of unbranched alkanes of at least 4 members (excludes halogenated alkanes) is 3. The number of benzene rings is 3. The van der Waals surface area contributed by atoms with Crippen molar-refractivity contribution in [2.75, 3.05) is 37.6 Å².